The summed E-state index contributed by atoms with van der Waals surface area (Å²) in [5.74, 6) is 0.961. The Morgan fingerprint density at radius 1 is 1.32 bits per heavy atom. The Kier molecular flexibility index (Phi) is 4.71. The van der Waals surface area contributed by atoms with E-state index >= 15 is 0 Å². The zero-order chi connectivity index (χ0) is 13.8. The van der Waals surface area contributed by atoms with Gasteiger partial charge in [0.15, 0.2) is 0 Å². The SMILES string of the molecule is CCCc1nc(Br)cc(Nc2ccc(F)c(Cl)c2)n1. The zero-order valence-electron chi connectivity index (χ0n) is 10.3. The Morgan fingerprint density at radius 3 is 2.79 bits per heavy atom. The Balaban J connectivity index is 2.24. The van der Waals surface area contributed by atoms with Crippen LogP contribution in [-0.4, -0.2) is 9.97 Å². The van der Waals surface area contributed by atoms with Crippen LogP contribution in [0.15, 0.2) is 28.9 Å². The minimum absolute atomic E-state index is 0.0758. The predicted molar refractivity (Wildman–Crippen MR) is 78.4 cm³/mol. The first-order chi connectivity index (χ1) is 9.08. The molecule has 0 bridgehead atoms. The lowest BCUT2D eigenvalue weighted by molar-refractivity contribution is 0.628. The molecule has 0 unspecified atom stereocenters. The molecule has 1 N–H and O–H groups in total. The molecule has 6 heteroatoms. The average molecular weight is 345 g/mol. The average Bonchev–Trinajstić information content (AvgIpc) is 2.33. The van der Waals surface area contributed by atoms with Gasteiger partial charge >= 0.3 is 0 Å². The lowest BCUT2D eigenvalue weighted by atomic mass is 10.3. The van der Waals surface area contributed by atoms with Crippen molar-refractivity contribution in [2.24, 2.45) is 0 Å². The minimum Gasteiger partial charge on any atom is -0.340 e. The van der Waals surface area contributed by atoms with Crippen molar-refractivity contribution in [1.82, 2.24) is 9.97 Å². The molecular formula is C13H12BrClFN3. The summed E-state index contributed by atoms with van der Waals surface area (Å²) >= 11 is 9.08. The first kappa shape index (κ1) is 14.2. The van der Waals surface area contributed by atoms with E-state index in [1.165, 1.54) is 12.1 Å². The van der Waals surface area contributed by atoms with Gasteiger partial charge in [0.2, 0.25) is 0 Å². The van der Waals surface area contributed by atoms with Crippen molar-refractivity contribution in [3.05, 3.63) is 45.5 Å². The van der Waals surface area contributed by atoms with Gasteiger partial charge in [-0.2, -0.15) is 0 Å². The fourth-order valence-electron chi connectivity index (χ4n) is 1.59. The smallest absolute Gasteiger partial charge is 0.141 e. The van der Waals surface area contributed by atoms with E-state index in [0.717, 1.165) is 18.7 Å². The Bertz CT molecular complexity index is 592. The molecule has 0 saturated carbocycles. The topological polar surface area (TPSA) is 37.8 Å². The Labute approximate surface area is 124 Å². The fourth-order valence-corrected chi connectivity index (χ4v) is 2.19. The van der Waals surface area contributed by atoms with E-state index in [-0.39, 0.29) is 5.02 Å². The molecule has 2 aromatic rings. The second-order valence-corrected chi connectivity index (χ2v) is 5.22. The van der Waals surface area contributed by atoms with Crippen LogP contribution in [0.2, 0.25) is 5.02 Å². The monoisotopic (exact) mass is 343 g/mol. The normalized spacial score (nSPS) is 10.5. The van der Waals surface area contributed by atoms with E-state index in [2.05, 4.69) is 38.1 Å². The molecule has 0 aliphatic rings. The molecule has 0 saturated heterocycles. The number of aromatic nitrogens is 2. The largest absolute Gasteiger partial charge is 0.340 e. The number of hydrogen-bond acceptors (Lipinski definition) is 3. The van der Waals surface area contributed by atoms with E-state index in [1.54, 1.807) is 12.1 Å². The quantitative estimate of drug-likeness (QED) is 0.815. The van der Waals surface area contributed by atoms with Crippen molar-refractivity contribution < 1.29 is 4.39 Å². The van der Waals surface area contributed by atoms with Crippen LogP contribution in [0, 0.1) is 5.82 Å². The summed E-state index contributed by atoms with van der Waals surface area (Å²) in [7, 11) is 0. The first-order valence-electron chi connectivity index (χ1n) is 5.84. The summed E-state index contributed by atoms with van der Waals surface area (Å²) in [5, 5.41) is 3.16. The van der Waals surface area contributed by atoms with Crippen LogP contribution >= 0.6 is 27.5 Å². The maximum atomic E-state index is 13.1. The fraction of sp³-hybridized carbons (Fsp3) is 0.231. The molecule has 0 radical (unpaired) electrons. The Hall–Kier alpha value is -1.20. The van der Waals surface area contributed by atoms with E-state index in [0.29, 0.717) is 16.1 Å². The van der Waals surface area contributed by atoms with Gasteiger partial charge in [0.25, 0.3) is 0 Å². The molecule has 1 heterocycles. The second kappa shape index (κ2) is 6.30. The van der Waals surface area contributed by atoms with Crippen molar-refractivity contribution >= 4 is 39.0 Å². The predicted octanol–water partition coefficient (Wildman–Crippen LogP) is 4.73. The molecule has 100 valence electrons. The van der Waals surface area contributed by atoms with E-state index in [9.17, 15) is 4.39 Å². The third-order valence-electron chi connectivity index (χ3n) is 2.41. The molecule has 0 amide bonds. The number of hydrogen-bond donors (Lipinski definition) is 1. The number of nitrogens with zero attached hydrogens (tertiary/aromatic N) is 2. The molecule has 1 aromatic carbocycles. The molecule has 1 aromatic heterocycles. The summed E-state index contributed by atoms with van der Waals surface area (Å²) in [6, 6.07) is 6.20. The number of anilines is 2. The number of nitrogens with one attached hydrogen (secondary N) is 1. The van der Waals surface area contributed by atoms with Crippen molar-refractivity contribution in [2.75, 3.05) is 5.32 Å². The molecule has 2 rings (SSSR count). The number of halogens is 3. The maximum absolute atomic E-state index is 13.1. The lowest BCUT2D eigenvalue weighted by Crippen LogP contribution is -2.00. The molecule has 0 spiro atoms. The van der Waals surface area contributed by atoms with Crippen molar-refractivity contribution in [3.8, 4) is 0 Å². The number of aryl methyl sites for hydroxylation is 1. The summed E-state index contributed by atoms with van der Waals surface area (Å²) in [4.78, 5) is 8.66. The van der Waals surface area contributed by atoms with Crippen molar-refractivity contribution in [2.45, 2.75) is 19.8 Å². The van der Waals surface area contributed by atoms with Gasteiger partial charge in [0.05, 0.1) is 5.02 Å². The van der Waals surface area contributed by atoms with Crippen LogP contribution in [0.5, 0.6) is 0 Å². The summed E-state index contributed by atoms with van der Waals surface area (Å²) in [6.45, 7) is 2.07. The van der Waals surface area contributed by atoms with Crippen LogP contribution < -0.4 is 5.32 Å². The highest BCUT2D eigenvalue weighted by Gasteiger charge is 2.05. The lowest BCUT2D eigenvalue weighted by Gasteiger charge is -2.08. The van der Waals surface area contributed by atoms with Gasteiger partial charge in [0.1, 0.15) is 22.1 Å². The first-order valence-corrected chi connectivity index (χ1v) is 7.01. The van der Waals surface area contributed by atoms with Gasteiger partial charge in [-0.05, 0) is 40.5 Å². The third-order valence-corrected chi connectivity index (χ3v) is 3.10. The minimum atomic E-state index is -0.442. The van der Waals surface area contributed by atoms with Crippen LogP contribution in [-0.2, 0) is 6.42 Å². The molecule has 0 atom stereocenters. The highest BCUT2D eigenvalue weighted by molar-refractivity contribution is 9.10. The molecule has 0 aliphatic heterocycles. The van der Waals surface area contributed by atoms with Gasteiger partial charge in [-0.15, -0.1) is 0 Å². The second-order valence-electron chi connectivity index (χ2n) is 4.00. The van der Waals surface area contributed by atoms with Crippen molar-refractivity contribution in [1.29, 1.82) is 0 Å². The molecule has 0 fully saturated rings. The molecule has 0 aliphatic carbocycles. The molecule has 19 heavy (non-hydrogen) atoms. The van der Waals surface area contributed by atoms with Gasteiger partial charge in [-0.25, -0.2) is 14.4 Å². The van der Waals surface area contributed by atoms with Crippen LogP contribution in [0.1, 0.15) is 19.2 Å². The summed E-state index contributed by atoms with van der Waals surface area (Å²) in [5.41, 5.74) is 0.680. The maximum Gasteiger partial charge on any atom is 0.141 e. The molecular weight excluding hydrogens is 333 g/mol. The van der Waals surface area contributed by atoms with Crippen LogP contribution in [0.25, 0.3) is 0 Å². The van der Waals surface area contributed by atoms with Crippen LogP contribution in [0.3, 0.4) is 0 Å². The van der Waals surface area contributed by atoms with Crippen molar-refractivity contribution in [3.63, 3.8) is 0 Å². The van der Waals surface area contributed by atoms with Crippen LogP contribution in [0.4, 0.5) is 15.9 Å². The summed E-state index contributed by atoms with van der Waals surface area (Å²) < 4.78 is 13.8. The highest BCUT2D eigenvalue weighted by atomic mass is 79.9. The van der Waals surface area contributed by atoms with Gasteiger partial charge in [0, 0.05) is 18.2 Å². The van der Waals surface area contributed by atoms with Gasteiger partial charge in [-0.1, -0.05) is 18.5 Å². The number of rotatable bonds is 4. The van der Waals surface area contributed by atoms with Gasteiger partial charge < -0.3 is 5.32 Å². The van der Waals surface area contributed by atoms with E-state index in [1.807, 2.05) is 0 Å². The third kappa shape index (κ3) is 3.88. The highest BCUT2D eigenvalue weighted by Crippen LogP contribution is 2.23. The number of benzene rings is 1. The standard InChI is InChI=1S/C13H12BrClFN3/c1-2-3-12-18-11(14)7-13(19-12)17-8-4-5-10(16)9(15)6-8/h4-7H,2-3H2,1H3,(H,17,18,19). The summed E-state index contributed by atoms with van der Waals surface area (Å²) in [6.07, 6.45) is 1.77. The van der Waals surface area contributed by atoms with E-state index in [4.69, 9.17) is 11.6 Å². The zero-order valence-corrected chi connectivity index (χ0v) is 12.6. The molecule has 3 nitrogen and oxygen atoms in total. The van der Waals surface area contributed by atoms with E-state index < -0.39 is 5.82 Å². The Morgan fingerprint density at radius 2 is 2.11 bits per heavy atom. The van der Waals surface area contributed by atoms with Gasteiger partial charge in [-0.3, -0.25) is 0 Å².